The van der Waals surface area contributed by atoms with E-state index in [1.807, 2.05) is 43.3 Å². The lowest BCUT2D eigenvalue weighted by atomic mass is 10.1. The molecular formula is C18H24N4O2. The van der Waals surface area contributed by atoms with Crippen LogP contribution in [0.1, 0.15) is 19.8 Å². The van der Waals surface area contributed by atoms with Crippen molar-refractivity contribution in [3.8, 4) is 11.3 Å². The van der Waals surface area contributed by atoms with Crippen LogP contribution in [0.3, 0.4) is 0 Å². The number of rotatable bonds is 7. The summed E-state index contributed by atoms with van der Waals surface area (Å²) in [7, 11) is 0. The van der Waals surface area contributed by atoms with Crippen LogP contribution in [0.25, 0.3) is 11.3 Å². The molecule has 1 aliphatic heterocycles. The Bertz CT molecular complexity index is 645. The fourth-order valence-electron chi connectivity index (χ4n) is 2.65. The van der Waals surface area contributed by atoms with Crippen LogP contribution in [0, 0.1) is 0 Å². The van der Waals surface area contributed by atoms with Gasteiger partial charge in [-0.05, 0) is 19.8 Å². The van der Waals surface area contributed by atoms with E-state index in [-0.39, 0.29) is 18.8 Å². The van der Waals surface area contributed by atoms with E-state index in [4.69, 9.17) is 4.74 Å². The molecule has 0 radical (unpaired) electrons. The van der Waals surface area contributed by atoms with Gasteiger partial charge in [-0.1, -0.05) is 30.3 Å². The number of hydrogen-bond donors (Lipinski definition) is 3. The van der Waals surface area contributed by atoms with Gasteiger partial charge in [-0.25, -0.2) is 4.98 Å². The number of benzene rings is 1. The minimum absolute atomic E-state index is 0.0254. The van der Waals surface area contributed by atoms with E-state index >= 15 is 0 Å². The summed E-state index contributed by atoms with van der Waals surface area (Å²) in [4.78, 5) is 9.07. The maximum Gasteiger partial charge on any atom is 0.225 e. The predicted octanol–water partition coefficient (Wildman–Crippen LogP) is 2.53. The second-order valence-electron chi connectivity index (χ2n) is 6.07. The van der Waals surface area contributed by atoms with Gasteiger partial charge >= 0.3 is 0 Å². The Morgan fingerprint density at radius 3 is 2.83 bits per heavy atom. The minimum Gasteiger partial charge on any atom is -0.394 e. The molecule has 1 saturated heterocycles. The smallest absolute Gasteiger partial charge is 0.225 e. The lowest BCUT2D eigenvalue weighted by Crippen LogP contribution is -2.22. The number of aromatic nitrogens is 2. The monoisotopic (exact) mass is 328 g/mol. The van der Waals surface area contributed by atoms with Gasteiger partial charge in [-0.2, -0.15) is 4.98 Å². The van der Waals surface area contributed by atoms with Crippen molar-refractivity contribution >= 4 is 11.8 Å². The van der Waals surface area contributed by atoms with Gasteiger partial charge < -0.3 is 20.5 Å². The number of hydrogen-bond acceptors (Lipinski definition) is 6. The molecule has 2 aromatic rings. The van der Waals surface area contributed by atoms with Crippen LogP contribution >= 0.6 is 0 Å². The summed E-state index contributed by atoms with van der Waals surface area (Å²) in [5.74, 6) is 1.26. The molecule has 0 aliphatic carbocycles. The summed E-state index contributed by atoms with van der Waals surface area (Å²) in [6.45, 7) is 3.49. The van der Waals surface area contributed by atoms with Gasteiger partial charge in [0.25, 0.3) is 0 Å². The van der Waals surface area contributed by atoms with E-state index in [0.717, 1.165) is 43.1 Å². The summed E-state index contributed by atoms with van der Waals surface area (Å²) in [6.07, 6.45) is 2.44. The number of aliphatic hydroxyl groups is 1. The minimum atomic E-state index is -0.109. The van der Waals surface area contributed by atoms with Crippen molar-refractivity contribution in [2.75, 3.05) is 30.4 Å². The molecular weight excluding hydrogens is 304 g/mol. The van der Waals surface area contributed by atoms with Crippen LogP contribution in [-0.2, 0) is 4.74 Å². The van der Waals surface area contributed by atoms with Crippen LogP contribution in [0.2, 0.25) is 0 Å². The Kier molecular flexibility index (Phi) is 5.61. The van der Waals surface area contributed by atoms with Gasteiger partial charge in [-0.15, -0.1) is 0 Å². The highest BCUT2D eigenvalue weighted by molar-refractivity contribution is 5.64. The molecule has 1 fully saturated rings. The van der Waals surface area contributed by atoms with Crippen molar-refractivity contribution in [1.82, 2.24) is 9.97 Å². The molecule has 0 saturated carbocycles. The van der Waals surface area contributed by atoms with Crippen molar-refractivity contribution in [3.05, 3.63) is 36.4 Å². The summed E-state index contributed by atoms with van der Waals surface area (Å²) >= 11 is 0. The SMILES string of the molecule is C[C@H](CO)Nc1nc(NC[C@@H]2CCCO2)cc(-c2ccccc2)n1. The Morgan fingerprint density at radius 2 is 2.12 bits per heavy atom. The van der Waals surface area contributed by atoms with Crippen molar-refractivity contribution in [2.24, 2.45) is 0 Å². The zero-order chi connectivity index (χ0) is 16.8. The zero-order valence-corrected chi connectivity index (χ0v) is 13.9. The lowest BCUT2D eigenvalue weighted by Gasteiger charge is -2.15. The van der Waals surface area contributed by atoms with Crippen LogP contribution in [0.4, 0.5) is 11.8 Å². The summed E-state index contributed by atoms with van der Waals surface area (Å²) in [5.41, 5.74) is 1.87. The van der Waals surface area contributed by atoms with Gasteiger partial charge in [0.1, 0.15) is 5.82 Å². The van der Waals surface area contributed by atoms with Crippen molar-refractivity contribution < 1.29 is 9.84 Å². The quantitative estimate of drug-likeness (QED) is 0.725. The van der Waals surface area contributed by atoms with Crippen molar-refractivity contribution in [2.45, 2.75) is 31.9 Å². The fraction of sp³-hybridized carbons (Fsp3) is 0.444. The van der Waals surface area contributed by atoms with Crippen LogP contribution in [0.5, 0.6) is 0 Å². The average Bonchev–Trinajstić information content (AvgIpc) is 3.14. The molecule has 6 nitrogen and oxygen atoms in total. The van der Waals surface area contributed by atoms with E-state index < -0.39 is 0 Å². The van der Waals surface area contributed by atoms with Gasteiger partial charge in [0.15, 0.2) is 0 Å². The maximum absolute atomic E-state index is 9.25. The second kappa shape index (κ2) is 8.08. The number of ether oxygens (including phenoxy) is 1. The van der Waals surface area contributed by atoms with Crippen LogP contribution in [-0.4, -0.2) is 47.0 Å². The number of nitrogens with one attached hydrogen (secondary N) is 2. The molecule has 1 aromatic heterocycles. The molecule has 2 atom stereocenters. The first kappa shape index (κ1) is 16.7. The van der Waals surface area contributed by atoms with E-state index in [1.165, 1.54) is 0 Å². The maximum atomic E-state index is 9.25. The van der Waals surface area contributed by atoms with Crippen LogP contribution < -0.4 is 10.6 Å². The molecule has 1 aliphatic rings. The third kappa shape index (κ3) is 4.43. The fourth-order valence-corrected chi connectivity index (χ4v) is 2.65. The second-order valence-corrected chi connectivity index (χ2v) is 6.07. The highest BCUT2D eigenvalue weighted by Gasteiger charge is 2.16. The molecule has 128 valence electrons. The Hall–Kier alpha value is -2.18. The van der Waals surface area contributed by atoms with Crippen molar-refractivity contribution in [3.63, 3.8) is 0 Å². The molecule has 2 heterocycles. The van der Waals surface area contributed by atoms with Crippen molar-refractivity contribution in [1.29, 1.82) is 0 Å². The number of nitrogens with zero attached hydrogens (tertiary/aromatic N) is 2. The number of aliphatic hydroxyl groups excluding tert-OH is 1. The largest absolute Gasteiger partial charge is 0.394 e. The molecule has 3 rings (SSSR count). The van der Waals surface area contributed by atoms with E-state index in [9.17, 15) is 5.11 Å². The van der Waals surface area contributed by atoms with Gasteiger partial charge in [-0.3, -0.25) is 0 Å². The lowest BCUT2D eigenvalue weighted by molar-refractivity contribution is 0.120. The van der Waals surface area contributed by atoms with E-state index in [2.05, 4.69) is 20.6 Å². The summed E-state index contributed by atoms with van der Waals surface area (Å²) in [6, 6.07) is 11.8. The molecule has 0 bridgehead atoms. The first-order valence-corrected chi connectivity index (χ1v) is 8.42. The normalized spacial score (nSPS) is 18.3. The Balaban J connectivity index is 1.81. The molecule has 0 spiro atoms. The highest BCUT2D eigenvalue weighted by Crippen LogP contribution is 2.22. The highest BCUT2D eigenvalue weighted by atomic mass is 16.5. The Labute approximate surface area is 142 Å². The average molecular weight is 328 g/mol. The van der Waals surface area contributed by atoms with Crippen LogP contribution in [0.15, 0.2) is 36.4 Å². The van der Waals surface area contributed by atoms with E-state index in [1.54, 1.807) is 0 Å². The third-order valence-electron chi connectivity index (χ3n) is 3.98. The first-order valence-electron chi connectivity index (χ1n) is 8.42. The molecule has 0 amide bonds. The summed E-state index contributed by atoms with van der Waals surface area (Å²) < 4.78 is 5.65. The Morgan fingerprint density at radius 1 is 1.29 bits per heavy atom. The summed E-state index contributed by atoms with van der Waals surface area (Å²) in [5, 5.41) is 15.7. The third-order valence-corrected chi connectivity index (χ3v) is 3.98. The predicted molar refractivity (Wildman–Crippen MR) is 95.1 cm³/mol. The molecule has 6 heteroatoms. The number of anilines is 2. The van der Waals surface area contributed by atoms with E-state index in [0.29, 0.717) is 5.95 Å². The molecule has 3 N–H and O–H groups in total. The molecule has 24 heavy (non-hydrogen) atoms. The zero-order valence-electron chi connectivity index (χ0n) is 13.9. The van der Waals surface area contributed by atoms with Gasteiger partial charge in [0, 0.05) is 30.8 Å². The standard InChI is InChI=1S/C18H24N4O2/c1-13(12-23)20-18-21-16(14-6-3-2-4-7-14)10-17(22-18)19-11-15-8-5-9-24-15/h2-4,6-7,10,13,15,23H,5,8-9,11-12H2,1H3,(H2,19,20,21,22)/t13-,15+/m1/s1. The van der Waals surface area contributed by atoms with Gasteiger partial charge in [0.05, 0.1) is 18.4 Å². The van der Waals surface area contributed by atoms with Gasteiger partial charge in [0.2, 0.25) is 5.95 Å². The molecule has 0 unspecified atom stereocenters. The molecule has 1 aromatic carbocycles. The first-order chi connectivity index (χ1) is 11.7. The topological polar surface area (TPSA) is 79.3 Å².